The average Bonchev–Trinajstić information content (AvgIpc) is 2.67. The number of benzene rings is 3. The van der Waals surface area contributed by atoms with E-state index in [1.807, 2.05) is 24.3 Å². The van der Waals surface area contributed by atoms with Crippen LogP contribution in [0.15, 0.2) is 65.1 Å². The first kappa shape index (κ1) is 17.7. The topological polar surface area (TPSA) is 40.5 Å². The number of rotatable bonds is 2. The van der Waals surface area contributed by atoms with Crippen LogP contribution >= 0.6 is 15.9 Å². The molecule has 27 heavy (non-hydrogen) atoms. The van der Waals surface area contributed by atoms with Crippen molar-refractivity contribution in [2.45, 2.75) is 13.0 Å². The van der Waals surface area contributed by atoms with Gasteiger partial charge in [0.15, 0.2) is 0 Å². The lowest BCUT2D eigenvalue weighted by Crippen LogP contribution is -2.36. The number of aromatic hydroxyl groups is 1. The van der Waals surface area contributed by atoms with E-state index in [-0.39, 0.29) is 17.2 Å². The van der Waals surface area contributed by atoms with Crippen molar-refractivity contribution in [3.8, 4) is 16.9 Å². The van der Waals surface area contributed by atoms with E-state index in [1.54, 1.807) is 23.1 Å². The maximum atomic E-state index is 14.2. The zero-order chi connectivity index (χ0) is 19.0. The van der Waals surface area contributed by atoms with Gasteiger partial charge < -0.3 is 10.0 Å². The third-order valence-electron chi connectivity index (χ3n) is 4.89. The van der Waals surface area contributed by atoms with E-state index in [0.717, 1.165) is 16.7 Å². The number of phenolic OH excluding ortho intramolecular Hbond substituents is 1. The Morgan fingerprint density at radius 2 is 1.85 bits per heavy atom. The predicted octanol–water partition coefficient (Wildman–Crippen LogP) is 5.16. The van der Waals surface area contributed by atoms with Gasteiger partial charge in [-0.1, -0.05) is 46.3 Å². The van der Waals surface area contributed by atoms with E-state index in [9.17, 15) is 14.3 Å². The molecule has 1 aliphatic heterocycles. The quantitative estimate of drug-likeness (QED) is 0.615. The van der Waals surface area contributed by atoms with Crippen molar-refractivity contribution < 1.29 is 14.3 Å². The van der Waals surface area contributed by atoms with Crippen molar-refractivity contribution in [2.75, 3.05) is 6.54 Å². The highest BCUT2D eigenvalue weighted by molar-refractivity contribution is 9.10. The number of carbonyl (C=O) groups excluding carboxylic acids is 1. The van der Waals surface area contributed by atoms with Crippen molar-refractivity contribution in [3.05, 3.63) is 87.6 Å². The number of nitrogens with zero attached hydrogens (tertiary/aromatic N) is 1. The minimum atomic E-state index is -0.516. The van der Waals surface area contributed by atoms with Crippen molar-refractivity contribution in [2.24, 2.45) is 0 Å². The molecule has 3 nitrogen and oxygen atoms in total. The molecule has 136 valence electrons. The van der Waals surface area contributed by atoms with Gasteiger partial charge in [0, 0.05) is 17.6 Å². The summed E-state index contributed by atoms with van der Waals surface area (Å²) in [6.45, 7) is 0.992. The van der Waals surface area contributed by atoms with Gasteiger partial charge in [-0.05, 0) is 59.0 Å². The SMILES string of the molecule is O=C(c1ccc(Br)cc1F)N1CCc2c(cccc2-c2ccc(O)cc2)C1. The Labute approximate surface area is 165 Å². The molecular formula is C22H17BrFNO2. The highest BCUT2D eigenvalue weighted by Gasteiger charge is 2.25. The zero-order valence-electron chi connectivity index (χ0n) is 14.5. The van der Waals surface area contributed by atoms with E-state index >= 15 is 0 Å². The molecule has 3 aromatic carbocycles. The Morgan fingerprint density at radius 3 is 2.59 bits per heavy atom. The summed E-state index contributed by atoms with van der Waals surface area (Å²) < 4.78 is 14.8. The van der Waals surface area contributed by atoms with Crippen LogP contribution in [0.4, 0.5) is 4.39 Å². The van der Waals surface area contributed by atoms with Crippen LogP contribution in [-0.2, 0) is 13.0 Å². The molecule has 0 bridgehead atoms. The van der Waals surface area contributed by atoms with Gasteiger partial charge >= 0.3 is 0 Å². The second-order valence-corrected chi connectivity index (χ2v) is 7.51. The molecule has 0 radical (unpaired) electrons. The van der Waals surface area contributed by atoms with Crippen LogP contribution in [0, 0.1) is 5.82 Å². The van der Waals surface area contributed by atoms with Gasteiger partial charge in [-0.25, -0.2) is 4.39 Å². The first-order chi connectivity index (χ1) is 13.0. The van der Waals surface area contributed by atoms with Gasteiger partial charge in [0.05, 0.1) is 5.56 Å². The maximum absolute atomic E-state index is 14.2. The highest BCUT2D eigenvalue weighted by Crippen LogP contribution is 2.32. The number of fused-ring (bicyclic) bond motifs is 1. The zero-order valence-corrected chi connectivity index (χ0v) is 16.0. The Morgan fingerprint density at radius 1 is 1.07 bits per heavy atom. The number of phenols is 1. The van der Waals surface area contributed by atoms with Crippen LogP contribution in [-0.4, -0.2) is 22.5 Å². The van der Waals surface area contributed by atoms with E-state index in [1.165, 1.54) is 17.7 Å². The number of hydrogen-bond acceptors (Lipinski definition) is 2. The van der Waals surface area contributed by atoms with Crippen LogP contribution in [0.25, 0.3) is 11.1 Å². The summed E-state index contributed by atoms with van der Waals surface area (Å²) in [5, 5.41) is 9.51. The summed E-state index contributed by atoms with van der Waals surface area (Å²) in [5.74, 6) is -0.574. The lowest BCUT2D eigenvalue weighted by atomic mass is 9.90. The number of halogens is 2. The van der Waals surface area contributed by atoms with Crippen molar-refractivity contribution in [3.63, 3.8) is 0 Å². The van der Waals surface area contributed by atoms with E-state index in [0.29, 0.717) is 24.0 Å². The fourth-order valence-corrected chi connectivity index (χ4v) is 3.86. The van der Waals surface area contributed by atoms with Crippen LogP contribution in [0.5, 0.6) is 5.75 Å². The minimum absolute atomic E-state index is 0.0938. The molecule has 0 saturated heterocycles. The van der Waals surface area contributed by atoms with Crippen LogP contribution in [0.3, 0.4) is 0 Å². The highest BCUT2D eigenvalue weighted by atomic mass is 79.9. The standard InChI is InChI=1S/C22H17BrFNO2/c23-16-6-9-20(21(24)12-16)22(27)25-11-10-19-15(13-25)2-1-3-18(19)14-4-7-17(26)8-5-14/h1-9,12,26H,10-11,13H2. The maximum Gasteiger partial charge on any atom is 0.257 e. The summed E-state index contributed by atoms with van der Waals surface area (Å²) in [5.41, 5.74) is 4.50. The van der Waals surface area contributed by atoms with Crippen molar-refractivity contribution in [1.82, 2.24) is 4.90 Å². The van der Waals surface area contributed by atoms with Gasteiger partial charge in [-0.15, -0.1) is 0 Å². The third kappa shape index (κ3) is 3.47. The number of amides is 1. The third-order valence-corrected chi connectivity index (χ3v) is 5.39. The molecule has 5 heteroatoms. The molecule has 0 aromatic heterocycles. The van der Waals surface area contributed by atoms with E-state index in [4.69, 9.17) is 0 Å². The monoisotopic (exact) mass is 425 g/mol. The predicted molar refractivity (Wildman–Crippen MR) is 106 cm³/mol. The summed E-state index contributed by atoms with van der Waals surface area (Å²) >= 11 is 3.22. The molecule has 0 atom stereocenters. The number of hydrogen-bond donors (Lipinski definition) is 1. The Hall–Kier alpha value is -2.66. The van der Waals surface area contributed by atoms with Crippen LogP contribution < -0.4 is 0 Å². The molecule has 0 saturated carbocycles. The summed E-state index contributed by atoms with van der Waals surface area (Å²) in [7, 11) is 0. The molecule has 1 heterocycles. The lowest BCUT2D eigenvalue weighted by molar-refractivity contribution is 0.0730. The molecule has 4 rings (SSSR count). The first-order valence-electron chi connectivity index (χ1n) is 8.67. The van der Waals surface area contributed by atoms with E-state index < -0.39 is 5.82 Å². The largest absolute Gasteiger partial charge is 0.508 e. The first-order valence-corrected chi connectivity index (χ1v) is 9.47. The molecule has 0 unspecified atom stereocenters. The lowest BCUT2D eigenvalue weighted by Gasteiger charge is -2.30. The fraction of sp³-hybridized carbons (Fsp3) is 0.136. The van der Waals surface area contributed by atoms with E-state index in [2.05, 4.69) is 22.0 Å². The molecule has 1 aliphatic rings. The second-order valence-electron chi connectivity index (χ2n) is 6.59. The molecule has 1 amide bonds. The Bertz CT molecular complexity index is 1020. The molecular weight excluding hydrogens is 409 g/mol. The molecule has 0 fully saturated rings. The Balaban J connectivity index is 1.63. The van der Waals surface area contributed by atoms with Gasteiger partial charge in [-0.2, -0.15) is 0 Å². The fourth-order valence-electron chi connectivity index (χ4n) is 3.53. The average molecular weight is 426 g/mol. The Kier molecular flexibility index (Phi) is 4.70. The van der Waals surface area contributed by atoms with Crippen molar-refractivity contribution in [1.29, 1.82) is 0 Å². The summed E-state index contributed by atoms with van der Waals surface area (Å²) in [6.07, 6.45) is 0.705. The number of carbonyl (C=O) groups is 1. The van der Waals surface area contributed by atoms with Gasteiger partial charge in [0.2, 0.25) is 0 Å². The summed E-state index contributed by atoms with van der Waals surface area (Å²) in [4.78, 5) is 14.5. The molecule has 0 spiro atoms. The van der Waals surface area contributed by atoms with Crippen molar-refractivity contribution >= 4 is 21.8 Å². The molecule has 0 aliphatic carbocycles. The molecule has 1 N–H and O–H groups in total. The minimum Gasteiger partial charge on any atom is -0.508 e. The van der Waals surface area contributed by atoms with Crippen LogP contribution in [0.2, 0.25) is 0 Å². The van der Waals surface area contributed by atoms with Gasteiger partial charge in [0.1, 0.15) is 11.6 Å². The molecule has 3 aromatic rings. The smallest absolute Gasteiger partial charge is 0.257 e. The van der Waals surface area contributed by atoms with Gasteiger partial charge in [0.25, 0.3) is 5.91 Å². The van der Waals surface area contributed by atoms with Crippen LogP contribution in [0.1, 0.15) is 21.5 Å². The second kappa shape index (κ2) is 7.16. The normalized spacial score (nSPS) is 13.3. The summed E-state index contributed by atoms with van der Waals surface area (Å²) in [6, 6.07) is 17.7. The van der Waals surface area contributed by atoms with Gasteiger partial charge in [-0.3, -0.25) is 4.79 Å².